The highest BCUT2D eigenvalue weighted by atomic mass is 16.5. The normalized spacial score (nSPS) is 12.5. The smallest absolute Gasteiger partial charge is 0.408 e. The quantitative estimate of drug-likeness (QED) is 0.615. The minimum atomic E-state index is -1.23. The van der Waals surface area contributed by atoms with E-state index >= 15 is 0 Å². The molecule has 0 spiro atoms. The van der Waals surface area contributed by atoms with Crippen LogP contribution in [0.1, 0.15) is 32.3 Å². The molecule has 0 unspecified atom stereocenters. The molecule has 0 heterocycles. The molecule has 26 heavy (non-hydrogen) atoms. The Morgan fingerprint density at radius 2 is 1.85 bits per heavy atom. The van der Waals surface area contributed by atoms with Gasteiger partial charge in [-0.3, -0.25) is 4.79 Å². The molecule has 2 amide bonds. The first-order valence-corrected chi connectivity index (χ1v) is 8.22. The van der Waals surface area contributed by atoms with Crippen LogP contribution in [-0.4, -0.2) is 35.2 Å². The van der Waals surface area contributed by atoms with E-state index in [1.165, 1.54) is 0 Å². The molecule has 2 atom stereocenters. The Kier molecular flexibility index (Phi) is 8.64. The molecule has 0 aliphatic rings. The molecule has 0 bridgehead atoms. The number of alkyl carbamates (subject to hydrolysis) is 1. The van der Waals surface area contributed by atoms with Gasteiger partial charge in [0.2, 0.25) is 5.91 Å². The molecule has 3 N–H and O–H groups in total. The number of carboxylic acid groups (broad SMARTS) is 1. The second kappa shape index (κ2) is 10.7. The lowest BCUT2D eigenvalue weighted by molar-refractivity contribution is -0.142. The van der Waals surface area contributed by atoms with Gasteiger partial charge in [-0.15, -0.1) is 0 Å². The third-order valence-corrected chi connectivity index (χ3v) is 3.59. The average molecular weight is 361 g/mol. The monoisotopic (exact) mass is 361 g/mol. The highest BCUT2D eigenvalue weighted by molar-refractivity contribution is 5.89. The van der Waals surface area contributed by atoms with Crippen LogP contribution >= 0.6 is 0 Å². The summed E-state index contributed by atoms with van der Waals surface area (Å²) in [4.78, 5) is 35.5. The number of hydrogen-bond acceptors (Lipinski definition) is 5. The lowest BCUT2D eigenvalue weighted by atomic mass is 10.0. The number of carbonyl (C=O) groups excluding carboxylic acids is 2. The van der Waals surface area contributed by atoms with Crippen molar-refractivity contribution in [1.82, 2.24) is 10.6 Å². The van der Waals surface area contributed by atoms with Gasteiger partial charge in [-0.25, -0.2) is 9.59 Å². The Morgan fingerprint density at radius 3 is 2.38 bits per heavy atom. The first-order chi connectivity index (χ1) is 12.3. The van der Waals surface area contributed by atoms with Crippen LogP contribution in [0.4, 0.5) is 4.79 Å². The van der Waals surface area contributed by atoms with Gasteiger partial charge in [-0.05, 0) is 17.9 Å². The van der Waals surface area contributed by atoms with Crippen LogP contribution in [0.2, 0.25) is 0 Å². The van der Waals surface area contributed by atoms with E-state index in [4.69, 9.17) is 15.1 Å². The number of nitrogens with zero attached hydrogens (tertiary/aromatic N) is 1. The van der Waals surface area contributed by atoms with Crippen LogP contribution in [0.15, 0.2) is 30.3 Å². The van der Waals surface area contributed by atoms with Gasteiger partial charge >= 0.3 is 12.1 Å². The second-order valence-electron chi connectivity index (χ2n) is 6.02. The van der Waals surface area contributed by atoms with Gasteiger partial charge in [0, 0.05) is 6.42 Å². The van der Waals surface area contributed by atoms with Crippen LogP contribution < -0.4 is 10.6 Å². The summed E-state index contributed by atoms with van der Waals surface area (Å²) in [5.41, 5.74) is 0.802. The van der Waals surface area contributed by atoms with Crippen LogP contribution in [0, 0.1) is 17.2 Å². The van der Waals surface area contributed by atoms with E-state index in [0.717, 1.165) is 5.56 Å². The number of rotatable bonds is 9. The van der Waals surface area contributed by atoms with Gasteiger partial charge in [0.25, 0.3) is 0 Å². The third kappa shape index (κ3) is 7.21. The number of nitrogens with one attached hydrogen (secondary N) is 2. The summed E-state index contributed by atoms with van der Waals surface area (Å²) in [5, 5.41) is 22.5. The largest absolute Gasteiger partial charge is 0.480 e. The van der Waals surface area contributed by atoms with Crippen molar-refractivity contribution in [1.29, 1.82) is 5.26 Å². The molecule has 0 fully saturated rings. The summed E-state index contributed by atoms with van der Waals surface area (Å²) in [6.45, 7) is 3.48. The Balaban J connectivity index is 2.63. The highest BCUT2D eigenvalue weighted by Gasteiger charge is 2.28. The predicted octanol–water partition coefficient (Wildman–Crippen LogP) is 1.81. The maximum absolute atomic E-state index is 12.3. The molecule has 0 radical (unpaired) electrons. The van der Waals surface area contributed by atoms with Gasteiger partial charge in [0.05, 0.1) is 6.07 Å². The van der Waals surface area contributed by atoms with E-state index in [2.05, 4.69) is 10.6 Å². The number of carbonyl (C=O) groups is 3. The summed E-state index contributed by atoms with van der Waals surface area (Å²) in [5.74, 6) is -2.16. The molecule has 8 nitrogen and oxygen atoms in total. The number of aliphatic carboxylic acids is 1. The van der Waals surface area contributed by atoms with Gasteiger partial charge < -0.3 is 20.5 Å². The minimum absolute atomic E-state index is 0.00383. The van der Waals surface area contributed by atoms with Crippen LogP contribution in [-0.2, 0) is 20.9 Å². The molecule has 140 valence electrons. The van der Waals surface area contributed by atoms with Crippen molar-refractivity contribution in [2.45, 2.75) is 45.4 Å². The summed E-state index contributed by atoms with van der Waals surface area (Å²) < 4.78 is 5.09. The molecule has 0 saturated carbocycles. The average Bonchev–Trinajstić information content (AvgIpc) is 2.61. The maximum atomic E-state index is 12.3. The fraction of sp³-hybridized carbons (Fsp3) is 0.444. The molecule has 0 aliphatic heterocycles. The number of nitriles is 1. The number of ether oxygens (including phenoxy) is 1. The van der Waals surface area contributed by atoms with E-state index in [9.17, 15) is 14.4 Å². The summed E-state index contributed by atoms with van der Waals surface area (Å²) >= 11 is 0. The minimum Gasteiger partial charge on any atom is -0.480 e. The van der Waals surface area contributed by atoms with E-state index in [1.54, 1.807) is 26.0 Å². The first kappa shape index (κ1) is 21.0. The molecular weight excluding hydrogens is 338 g/mol. The second-order valence-corrected chi connectivity index (χ2v) is 6.02. The number of carboxylic acids is 1. The van der Waals surface area contributed by atoms with Gasteiger partial charge in [0.1, 0.15) is 18.7 Å². The van der Waals surface area contributed by atoms with Crippen LogP contribution in [0.5, 0.6) is 0 Å². The summed E-state index contributed by atoms with van der Waals surface area (Å²) in [7, 11) is 0. The zero-order valence-corrected chi connectivity index (χ0v) is 14.8. The van der Waals surface area contributed by atoms with Crippen molar-refractivity contribution >= 4 is 18.0 Å². The van der Waals surface area contributed by atoms with Gasteiger partial charge in [0.15, 0.2) is 0 Å². The van der Waals surface area contributed by atoms with Crippen LogP contribution in [0.25, 0.3) is 0 Å². The number of hydrogen-bond donors (Lipinski definition) is 3. The predicted molar refractivity (Wildman–Crippen MR) is 92.8 cm³/mol. The van der Waals surface area contributed by atoms with Crippen molar-refractivity contribution < 1.29 is 24.2 Å². The van der Waals surface area contributed by atoms with Crippen molar-refractivity contribution in [3.05, 3.63) is 35.9 Å². The Bertz CT molecular complexity index is 655. The zero-order chi connectivity index (χ0) is 19.5. The Labute approximate surface area is 152 Å². The van der Waals surface area contributed by atoms with Gasteiger partial charge in [-0.2, -0.15) is 5.26 Å². The Morgan fingerprint density at radius 1 is 1.19 bits per heavy atom. The standard InChI is InChI=1S/C18H23N3O5/c1-12(2)15(16(22)20-14(17(23)24)9-6-10-19)21-18(25)26-11-13-7-4-3-5-8-13/h3-5,7-8,12,14-15H,6,9,11H2,1-2H3,(H,20,22)(H,21,25)(H,23,24)/t14-,15+/m1/s1. The van der Waals surface area contributed by atoms with E-state index in [-0.39, 0.29) is 25.4 Å². The molecule has 1 aromatic carbocycles. The van der Waals surface area contributed by atoms with Crippen molar-refractivity contribution in [2.75, 3.05) is 0 Å². The van der Waals surface area contributed by atoms with Crippen molar-refractivity contribution in [2.24, 2.45) is 5.92 Å². The third-order valence-electron chi connectivity index (χ3n) is 3.59. The lowest BCUT2D eigenvalue weighted by Crippen LogP contribution is -2.53. The molecular formula is C18H23N3O5. The van der Waals surface area contributed by atoms with Gasteiger partial charge in [-0.1, -0.05) is 44.2 Å². The molecule has 0 aromatic heterocycles. The molecule has 1 aromatic rings. The van der Waals surface area contributed by atoms with E-state index in [0.29, 0.717) is 0 Å². The van der Waals surface area contributed by atoms with E-state index < -0.39 is 30.1 Å². The van der Waals surface area contributed by atoms with Crippen LogP contribution in [0.3, 0.4) is 0 Å². The zero-order valence-electron chi connectivity index (χ0n) is 14.8. The SMILES string of the molecule is CC(C)[C@H](NC(=O)OCc1ccccc1)C(=O)N[C@H](CCC#N)C(=O)O. The topological polar surface area (TPSA) is 129 Å². The lowest BCUT2D eigenvalue weighted by Gasteiger charge is -2.23. The number of benzene rings is 1. The Hall–Kier alpha value is -3.08. The number of amides is 2. The van der Waals surface area contributed by atoms with Crippen molar-refractivity contribution in [3.63, 3.8) is 0 Å². The molecule has 8 heteroatoms. The molecule has 0 aliphatic carbocycles. The first-order valence-electron chi connectivity index (χ1n) is 8.22. The van der Waals surface area contributed by atoms with E-state index in [1.807, 2.05) is 24.3 Å². The fourth-order valence-corrected chi connectivity index (χ4v) is 2.15. The summed E-state index contributed by atoms with van der Waals surface area (Å²) in [6, 6.07) is 8.76. The summed E-state index contributed by atoms with van der Waals surface area (Å²) in [6.07, 6.45) is -0.789. The fourth-order valence-electron chi connectivity index (χ4n) is 2.15. The molecule has 1 rings (SSSR count). The molecule has 0 saturated heterocycles. The highest BCUT2D eigenvalue weighted by Crippen LogP contribution is 2.06. The van der Waals surface area contributed by atoms with Crippen molar-refractivity contribution in [3.8, 4) is 6.07 Å². The maximum Gasteiger partial charge on any atom is 0.408 e.